The maximum absolute atomic E-state index is 14.8. The van der Waals surface area contributed by atoms with Crippen molar-refractivity contribution in [3.8, 4) is 0 Å². The van der Waals surface area contributed by atoms with E-state index >= 15 is 0 Å². The first-order valence-electron chi connectivity index (χ1n) is 12.0. The number of hydrogen-bond donors (Lipinski definition) is 2. The minimum Gasteiger partial charge on any atom is -0.382 e. The summed E-state index contributed by atoms with van der Waals surface area (Å²) in [4.78, 5) is 6.92. The van der Waals surface area contributed by atoms with Crippen molar-refractivity contribution in [2.24, 2.45) is 0 Å². The maximum atomic E-state index is 14.8. The van der Waals surface area contributed by atoms with Crippen LogP contribution < -0.4 is 15.5 Å². The summed E-state index contributed by atoms with van der Waals surface area (Å²) in [6.45, 7) is 2.78. The molecule has 2 heterocycles. The van der Waals surface area contributed by atoms with Gasteiger partial charge in [0.25, 0.3) is 5.92 Å². The molecule has 0 saturated heterocycles. The van der Waals surface area contributed by atoms with Crippen LogP contribution in [0.25, 0.3) is 10.9 Å². The molecule has 1 aliphatic heterocycles. The van der Waals surface area contributed by atoms with Gasteiger partial charge in [0.2, 0.25) is 0 Å². The summed E-state index contributed by atoms with van der Waals surface area (Å²) in [5.74, 6) is -2.08. The Labute approximate surface area is 194 Å². The van der Waals surface area contributed by atoms with Crippen molar-refractivity contribution in [2.45, 2.75) is 63.6 Å². The second kappa shape index (κ2) is 8.90. The first-order chi connectivity index (χ1) is 15.9. The van der Waals surface area contributed by atoms with E-state index in [2.05, 4.69) is 35.8 Å². The van der Waals surface area contributed by atoms with Gasteiger partial charge in [0.15, 0.2) is 0 Å². The molecule has 2 unspecified atom stereocenters. The van der Waals surface area contributed by atoms with Crippen molar-refractivity contribution in [2.75, 3.05) is 23.8 Å². The molecule has 1 aliphatic carbocycles. The number of aryl methyl sites for hydroxylation is 1. The van der Waals surface area contributed by atoms with Gasteiger partial charge >= 0.3 is 0 Å². The third kappa shape index (κ3) is 4.54. The molecule has 5 rings (SSSR count). The van der Waals surface area contributed by atoms with Crippen LogP contribution >= 0.6 is 0 Å². The highest BCUT2D eigenvalue weighted by molar-refractivity contribution is 5.93. The molecule has 0 amide bonds. The fourth-order valence-corrected chi connectivity index (χ4v) is 5.32. The molecule has 3 aromatic rings. The molecular formula is C27H32F2N4. The number of nitrogens with zero attached hydrogens (tertiary/aromatic N) is 2. The number of alkyl halides is 2. The van der Waals surface area contributed by atoms with Crippen molar-refractivity contribution in [3.05, 3.63) is 65.2 Å². The van der Waals surface area contributed by atoms with Crippen molar-refractivity contribution in [1.29, 1.82) is 0 Å². The quantitative estimate of drug-likeness (QED) is 0.512. The van der Waals surface area contributed by atoms with Gasteiger partial charge in [0.1, 0.15) is 5.82 Å². The molecule has 0 bridgehead atoms. The Morgan fingerprint density at radius 1 is 1.06 bits per heavy atom. The van der Waals surface area contributed by atoms with Crippen molar-refractivity contribution in [1.82, 2.24) is 10.3 Å². The molecule has 4 nitrogen and oxygen atoms in total. The highest BCUT2D eigenvalue weighted by Crippen LogP contribution is 2.39. The highest BCUT2D eigenvalue weighted by atomic mass is 19.3. The van der Waals surface area contributed by atoms with E-state index in [1.807, 2.05) is 30.1 Å². The van der Waals surface area contributed by atoms with Crippen LogP contribution in [0.15, 0.2) is 48.5 Å². The van der Waals surface area contributed by atoms with Crippen LogP contribution in [0.2, 0.25) is 0 Å². The van der Waals surface area contributed by atoms with Gasteiger partial charge in [-0.1, -0.05) is 35.9 Å². The lowest BCUT2D eigenvalue weighted by Gasteiger charge is -2.31. The van der Waals surface area contributed by atoms with Crippen LogP contribution in [0.1, 0.15) is 48.8 Å². The Balaban J connectivity index is 1.52. The molecule has 2 aromatic carbocycles. The summed E-state index contributed by atoms with van der Waals surface area (Å²) in [5, 5.41) is 8.30. The molecule has 2 aliphatic rings. The Kier molecular flexibility index (Phi) is 5.95. The number of rotatable bonds is 4. The summed E-state index contributed by atoms with van der Waals surface area (Å²) in [6, 6.07) is 16.1. The van der Waals surface area contributed by atoms with Crippen molar-refractivity contribution < 1.29 is 8.78 Å². The van der Waals surface area contributed by atoms with Gasteiger partial charge in [-0.3, -0.25) is 0 Å². The van der Waals surface area contributed by atoms with E-state index in [1.54, 1.807) is 12.1 Å². The lowest BCUT2D eigenvalue weighted by Crippen LogP contribution is -2.37. The molecule has 1 fully saturated rings. The monoisotopic (exact) mass is 450 g/mol. The smallest absolute Gasteiger partial charge is 0.275 e. The number of halogens is 2. The van der Waals surface area contributed by atoms with Crippen LogP contribution in [-0.4, -0.2) is 30.7 Å². The first kappa shape index (κ1) is 22.1. The van der Waals surface area contributed by atoms with Gasteiger partial charge in [0.05, 0.1) is 5.52 Å². The predicted molar refractivity (Wildman–Crippen MR) is 131 cm³/mol. The van der Waals surface area contributed by atoms with Crippen molar-refractivity contribution in [3.63, 3.8) is 0 Å². The molecule has 0 radical (unpaired) electrons. The topological polar surface area (TPSA) is 40.2 Å². The van der Waals surface area contributed by atoms with Crippen LogP contribution in [0.3, 0.4) is 0 Å². The van der Waals surface area contributed by atoms with E-state index in [1.165, 1.54) is 18.4 Å². The van der Waals surface area contributed by atoms with E-state index in [-0.39, 0.29) is 18.5 Å². The van der Waals surface area contributed by atoms with Gasteiger partial charge in [0, 0.05) is 54.3 Å². The van der Waals surface area contributed by atoms with Gasteiger partial charge < -0.3 is 15.5 Å². The number of anilines is 2. The highest BCUT2D eigenvalue weighted by Gasteiger charge is 2.37. The molecule has 174 valence electrons. The average molecular weight is 451 g/mol. The zero-order valence-electron chi connectivity index (χ0n) is 19.4. The molecule has 33 heavy (non-hydrogen) atoms. The summed E-state index contributed by atoms with van der Waals surface area (Å²) in [7, 11) is 2.03. The minimum absolute atomic E-state index is 0.141. The normalized spacial score (nSPS) is 22.6. The third-order valence-electron chi connectivity index (χ3n) is 7.19. The van der Waals surface area contributed by atoms with E-state index in [0.29, 0.717) is 24.2 Å². The van der Waals surface area contributed by atoms with E-state index in [0.717, 1.165) is 35.2 Å². The van der Waals surface area contributed by atoms with E-state index in [9.17, 15) is 8.78 Å². The maximum Gasteiger partial charge on any atom is 0.275 e. The molecule has 1 aromatic heterocycles. The SMILES string of the molecule is CNC1CCCC(Nc2cc(N3CCC(F)(F)c4ccccc4C3)nc3ccc(C)cc23)C1. The molecule has 2 atom stereocenters. The molecule has 0 spiro atoms. The Hall–Kier alpha value is -2.73. The predicted octanol–water partition coefficient (Wildman–Crippen LogP) is 5.99. The summed E-state index contributed by atoms with van der Waals surface area (Å²) < 4.78 is 29.7. The van der Waals surface area contributed by atoms with E-state index < -0.39 is 5.92 Å². The van der Waals surface area contributed by atoms with Gasteiger partial charge in [-0.05, 0) is 57.4 Å². The first-order valence-corrected chi connectivity index (χ1v) is 12.0. The zero-order valence-corrected chi connectivity index (χ0v) is 19.4. The summed E-state index contributed by atoms with van der Waals surface area (Å²) >= 11 is 0. The minimum atomic E-state index is -2.83. The summed E-state index contributed by atoms with van der Waals surface area (Å²) in [6.07, 6.45) is 4.39. The number of hydrogen-bond acceptors (Lipinski definition) is 4. The molecule has 6 heteroatoms. The summed E-state index contributed by atoms with van der Waals surface area (Å²) in [5.41, 5.74) is 3.93. The largest absolute Gasteiger partial charge is 0.382 e. The number of fused-ring (bicyclic) bond motifs is 2. The van der Waals surface area contributed by atoms with Gasteiger partial charge in [-0.25, -0.2) is 13.8 Å². The van der Waals surface area contributed by atoms with Crippen LogP contribution in [0, 0.1) is 6.92 Å². The number of nitrogens with one attached hydrogen (secondary N) is 2. The second-order valence-electron chi connectivity index (χ2n) is 9.58. The third-order valence-corrected chi connectivity index (χ3v) is 7.19. The lowest BCUT2D eigenvalue weighted by molar-refractivity contribution is -0.00967. The zero-order chi connectivity index (χ0) is 23.0. The Morgan fingerprint density at radius 3 is 2.73 bits per heavy atom. The van der Waals surface area contributed by atoms with Crippen molar-refractivity contribution >= 4 is 22.4 Å². The van der Waals surface area contributed by atoms with Gasteiger partial charge in [-0.15, -0.1) is 0 Å². The fourth-order valence-electron chi connectivity index (χ4n) is 5.32. The standard InChI is InChI=1S/C27H32F2N4/c1-18-10-11-24-22(14-18)25(31-21-8-5-7-20(15-21)30-2)16-26(32-24)33-13-12-27(28,29)23-9-4-3-6-19(23)17-33/h3-4,6,9-11,14,16,20-21,30H,5,7-8,12-13,15,17H2,1-2H3,(H,31,32). The number of aromatic nitrogens is 1. The second-order valence-corrected chi connectivity index (χ2v) is 9.58. The Bertz CT molecular complexity index is 1150. The van der Waals surface area contributed by atoms with Crippen LogP contribution in [0.5, 0.6) is 0 Å². The van der Waals surface area contributed by atoms with Gasteiger partial charge in [-0.2, -0.15) is 0 Å². The van der Waals surface area contributed by atoms with Crippen LogP contribution in [0.4, 0.5) is 20.3 Å². The number of pyridine rings is 1. The van der Waals surface area contributed by atoms with E-state index in [4.69, 9.17) is 4.98 Å². The molecule has 2 N–H and O–H groups in total. The Morgan fingerprint density at radius 2 is 1.88 bits per heavy atom. The molecule has 1 saturated carbocycles. The lowest BCUT2D eigenvalue weighted by atomic mass is 9.91. The fraction of sp³-hybridized carbons (Fsp3) is 0.444. The average Bonchev–Trinajstić information content (AvgIpc) is 2.95. The number of benzene rings is 2. The molecular weight excluding hydrogens is 418 g/mol. The van der Waals surface area contributed by atoms with Crippen LogP contribution in [-0.2, 0) is 12.5 Å².